The second kappa shape index (κ2) is 6.34. The second-order valence-corrected chi connectivity index (χ2v) is 9.78. The Hall–Kier alpha value is -2.06. The number of hydrogen-bond acceptors (Lipinski definition) is 4. The minimum absolute atomic E-state index is 0.117. The van der Waals surface area contributed by atoms with Gasteiger partial charge in [-0.15, -0.1) is 0 Å². The van der Waals surface area contributed by atoms with Crippen molar-refractivity contribution in [3.8, 4) is 0 Å². The first kappa shape index (κ1) is 17.8. The SMILES string of the molecule is Cc1ccc(NS(=O)(=O)c2ccccc2C)cc1N1CCCS1(=O)=O. The van der Waals surface area contributed by atoms with Gasteiger partial charge in [-0.1, -0.05) is 24.3 Å². The first-order chi connectivity index (χ1) is 11.7. The van der Waals surface area contributed by atoms with E-state index in [1.54, 1.807) is 43.3 Å². The van der Waals surface area contributed by atoms with Crippen molar-refractivity contribution in [2.75, 3.05) is 21.3 Å². The summed E-state index contributed by atoms with van der Waals surface area (Å²) in [4.78, 5) is 0.200. The fraction of sp³-hybridized carbons (Fsp3) is 0.294. The van der Waals surface area contributed by atoms with Crippen LogP contribution in [-0.4, -0.2) is 29.1 Å². The van der Waals surface area contributed by atoms with Crippen molar-refractivity contribution in [3.63, 3.8) is 0 Å². The Morgan fingerprint density at radius 3 is 2.40 bits per heavy atom. The number of aryl methyl sites for hydroxylation is 2. The Morgan fingerprint density at radius 2 is 1.76 bits per heavy atom. The molecule has 1 aliphatic heterocycles. The number of nitrogens with one attached hydrogen (secondary N) is 1. The van der Waals surface area contributed by atoms with Crippen molar-refractivity contribution in [3.05, 3.63) is 53.6 Å². The average Bonchev–Trinajstić information content (AvgIpc) is 2.88. The normalized spacial score (nSPS) is 16.8. The molecule has 0 atom stereocenters. The molecule has 0 spiro atoms. The first-order valence-corrected chi connectivity index (χ1v) is 11.0. The van der Waals surface area contributed by atoms with Gasteiger partial charge in [0.15, 0.2) is 0 Å². The van der Waals surface area contributed by atoms with Crippen LogP contribution < -0.4 is 9.03 Å². The second-order valence-electron chi connectivity index (χ2n) is 6.11. The molecule has 134 valence electrons. The Bertz CT molecular complexity index is 1010. The van der Waals surface area contributed by atoms with Gasteiger partial charge in [0.25, 0.3) is 10.0 Å². The van der Waals surface area contributed by atoms with Crippen LogP contribution in [0.3, 0.4) is 0 Å². The molecule has 1 fully saturated rings. The molecule has 1 heterocycles. The average molecular weight is 380 g/mol. The van der Waals surface area contributed by atoms with Crippen molar-refractivity contribution >= 4 is 31.4 Å². The number of benzene rings is 2. The lowest BCUT2D eigenvalue weighted by Crippen LogP contribution is -2.26. The molecule has 1 aliphatic rings. The zero-order valence-electron chi connectivity index (χ0n) is 14.1. The van der Waals surface area contributed by atoms with Crippen LogP contribution in [0.25, 0.3) is 0 Å². The van der Waals surface area contributed by atoms with Gasteiger partial charge < -0.3 is 0 Å². The van der Waals surface area contributed by atoms with E-state index >= 15 is 0 Å². The third-order valence-corrected chi connectivity index (χ3v) is 7.61. The number of hydrogen-bond donors (Lipinski definition) is 1. The topological polar surface area (TPSA) is 83.6 Å². The van der Waals surface area contributed by atoms with Gasteiger partial charge in [-0.2, -0.15) is 0 Å². The van der Waals surface area contributed by atoms with Gasteiger partial charge in [0.1, 0.15) is 0 Å². The van der Waals surface area contributed by atoms with Gasteiger partial charge in [-0.25, -0.2) is 16.8 Å². The molecule has 0 unspecified atom stereocenters. The molecule has 0 amide bonds. The molecule has 25 heavy (non-hydrogen) atoms. The third kappa shape index (κ3) is 3.50. The molecule has 0 radical (unpaired) electrons. The van der Waals surface area contributed by atoms with E-state index in [9.17, 15) is 16.8 Å². The molecular formula is C17H20N2O4S2. The molecule has 1 N–H and O–H groups in total. The summed E-state index contributed by atoms with van der Waals surface area (Å²) in [6, 6.07) is 11.6. The van der Waals surface area contributed by atoms with E-state index in [-0.39, 0.29) is 10.6 Å². The van der Waals surface area contributed by atoms with E-state index < -0.39 is 20.0 Å². The maximum atomic E-state index is 12.6. The summed E-state index contributed by atoms with van der Waals surface area (Å²) in [5, 5.41) is 0. The Labute approximate surface area is 148 Å². The lowest BCUT2D eigenvalue weighted by Gasteiger charge is -2.20. The van der Waals surface area contributed by atoms with E-state index in [1.807, 2.05) is 6.92 Å². The number of sulfonamides is 2. The third-order valence-electron chi connectivity index (χ3n) is 4.21. The Balaban J connectivity index is 1.97. The molecule has 1 saturated heterocycles. The lowest BCUT2D eigenvalue weighted by molar-refractivity contribution is 0.598. The molecule has 3 rings (SSSR count). The molecule has 0 aliphatic carbocycles. The van der Waals surface area contributed by atoms with Gasteiger partial charge in [-0.3, -0.25) is 9.03 Å². The van der Waals surface area contributed by atoms with E-state index in [0.717, 1.165) is 5.56 Å². The molecule has 0 aromatic heterocycles. The van der Waals surface area contributed by atoms with Crippen molar-refractivity contribution in [1.29, 1.82) is 0 Å². The van der Waals surface area contributed by atoms with Crippen molar-refractivity contribution < 1.29 is 16.8 Å². The molecule has 2 aromatic carbocycles. The first-order valence-electron chi connectivity index (χ1n) is 7.90. The predicted molar refractivity (Wildman–Crippen MR) is 98.9 cm³/mol. The maximum Gasteiger partial charge on any atom is 0.262 e. The van der Waals surface area contributed by atoms with Crippen LogP contribution in [0.1, 0.15) is 17.5 Å². The fourth-order valence-corrected chi connectivity index (χ4v) is 5.83. The van der Waals surface area contributed by atoms with Crippen molar-refractivity contribution in [2.24, 2.45) is 0 Å². The monoisotopic (exact) mass is 380 g/mol. The minimum atomic E-state index is -3.74. The van der Waals surface area contributed by atoms with Gasteiger partial charge in [0.2, 0.25) is 10.0 Å². The Morgan fingerprint density at radius 1 is 1.04 bits per heavy atom. The highest BCUT2D eigenvalue weighted by atomic mass is 32.2. The standard InChI is InChI=1S/C17H20N2O4S2/c1-13-8-9-15(12-16(13)19-10-5-11-24(19,20)21)18-25(22,23)17-7-4-3-6-14(17)2/h3-4,6-9,12,18H,5,10-11H2,1-2H3. The maximum absolute atomic E-state index is 12.6. The molecular weight excluding hydrogens is 360 g/mol. The smallest absolute Gasteiger partial charge is 0.262 e. The lowest BCUT2D eigenvalue weighted by atomic mass is 10.2. The predicted octanol–water partition coefficient (Wildman–Crippen LogP) is 2.64. The highest BCUT2D eigenvalue weighted by molar-refractivity contribution is 7.93. The van der Waals surface area contributed by atoms with Crippen LogP contribution in [0.4, 0.5) is 11.4 Å². The van der Waals surface area contributed by atoms with Crippen LogP contribution in [0.2, 0.25) is 0 Å². The van der Waals surface area contributed by atoms with E-state index in [2.05, 4.69) is 4.72 Å². The van der Waals surface area contributed by atoms with E-state index in [0.29, 0.717) is 29.9 Å². The summed E-state index contributed by atoms with van der Waals surface area (Å²) in [6.45, 7) is 3.95. The number of anilines is 2. The van der Waals surface area contributed by atoms with Gasteiger partial charge in [0.05, 0.1) is 22.0 Å². The Kier molecular flexibility index (Phi) is 4.51. The van der Waals surface area contributed by atoms with Crippen LogP contribution in [0.15, 0.2) is 47.4 Å². The molecule has 6 nitrogen and oxygen atoms in total. The van der Waals surface area contributed by atoms with Crippen molar-refractivity contribution in [1.82, 2.24) is 0 Å². The van der Waals surface area contributed by atoms with E-state index in [4.69, 9.17) is 0 Å². The van der Waals surface area contributed by atoms with Gasteiger partial charge in [-0.05, 0) is 49.6 Å². The summed E-state index contributed by atoms with van der Waals surface area (Å²) in [7, 11) is -7.07. The highest BCUT2D eigenvalue weighted by Crippen LogP contribution is 2.31. The highest BCUT2D eigenvalue weighted by Gasteiger charge is 2.29. The van der Waals surface area contributed by atoms with Crippen LogP contribution in [-0.2, 0) is 20.0 Å². The van der Waals surface area contributed by atoms with Gasteiger partial charge in [0, 0.05) is 6.54 Å². The summed E-state index contributed by atoms with van der Waals surface area (Å²) in [6.07, 6.45) is 0.570. The van der Waals surface area contributed by atoms with Crippen LogP contribution in [0, 0.1) is 13.8 Å². The summed E-state index contributed by atoms with van der Waals surface area (Å²) < 4.78 is 53.5. The summed E-state index contributed by atoms with van der Waals surface area (Å²) >= 11 is 0. The van der Waals surface area contributed by atoms with Crippen LogP contribution in [0.5, 0.6) is 0 Å². The largest absolute Gasteiger partial charge is 0.280 e. The fourth-order valence-electron chi connectivity index (χ4n) is 2.92. The van der Waals surface area contributed by atoms with Crippen LogP contribution >= 0.6 is 0 Å². The number of nitrogens with zero attached hydrogens (tertiary/aromatic N) is 1. The molecule has 2 aromatic rings. The molecule has 8 heteroatoms. The summed E-state index contributed by atoms with van der Waals surface area (Å²) in [5.41, 5.74) is 2.28. The molecule has 0 bridgehead atoms. The zero-order chi connectivity index (χ0) is 18.2. The van der Waals surface area contributed by atoms with Gasteiger partial charge >= 0.3 is 0 Å². The summed E-state index contributed by atoms with van der Waals surface area (Å²) in [5.74, 6) is 0.117. The zero-order valence-corrected chi connectivity index (χ0v) is 15.7. The van der Waals surface area contributed by atoms with E-state index in [1.165, 1.54) is 10.4 Å². The molecule has 0 saturated carbocycles. The van der Waals surface area contributed by atoms with Crippen molar-refractivity contribution in [2.45, 2.75) is 25.2 Å². The quantitative estimate of drug-likeness (QED) is 0.884. The number of rotatable bonds is 4. The minimum Gasteiger partial charge on any atom is -0.280 e.